The summed E-state index contributed by atoms with van der Waals surface area (Å²) in [6.07, 6.45) is 7.50. The monoisotopic (exact) mass is 435 g/mol. The van der Waals surface area contributed by atoms with Crippen LogP contribution in [0.25, 0.3) is 17.1 Å². The zero-order valence-corrected chi connectivity index (χ0v) is 19.9. The first-order chi connectivity index (χ1) is 15.2. The van der Waals surface area contributed by atoms with Crippen LogP contribution in [0.5, 0.6) is 11.5 Å². The van der Waals surface area contributed by atoms with Gasteiger partial charge in [-0.3, -0.25) is 9.55 Å². The van der Waals surface area contributed by atoms with Crippen molar-refractivity contribution in [2.45, 2.75) is 64.6 Å². The van der Waals surface area contributed by atoms with Gasteiger partial charge in [-0.15, -0.1) is 0 Å². The van der Waals surface area contributed by atoms with Crippen molar-refractivity contribution in [3.8, 4) is 28.6 Å². The van der Waals surface area contributed by atoms with Gasteiger partial charge in [0.2, 0.25) is 0 Å². The predicted octanol–water partition coefficient (Wildman–Crippen LogP) is 5.79. The number of methoxy groups -OCH3 is 1. The second-order valence-corrected chi connectivity index (χ2v) is 9.59. The molecule has 0 radical (unpaired) electrons. The van der Waals surface area contributed by atoms with Crippen LogP contribution in [0.15, 0.2) is 48.9 Å². The van der Waals surface area contributed by atoms with E-state index >= 15 is 0 Å². The van der Waals surface area contributed by atoms with Gasteiger partial charge in [-0.2, -0.15) is 0 Å². The Morgan fingerprint density at radius 2 is 1.75 bits per heavy atom. The molecule has 1 fully saturated rings. The van der Waals surface area contributed by atoms with Crippen molar-refractivity contribution in [1.29, 1.82) is 0 Å². The summed E-state index contributed by atoms with van der Waals surface area (Å²) < 4.78 is 19.7. The number of ether oxygens (including phenoxy) is 3. The summed E-state index contributed by atoms with van der Waals surface area (Å²) in [5.41, 5.74) is 2.59. The maximum Gasteiger partial charge on any atom is 0.148 e. The minimum Gasteiger partial charge on any atom is -0.494 e. The van der Waals surface area contributed by atoms with E-state index in [0.717, 1.165) is 41.4 Å². The fourth-order valence-corrected chi connectivity index (χ4v) is 4.88. The van der Waals surface area contributed by atoms with E-state index in [9.17, 15) is 0 Å². The summed E-state index contributed by atoms with van der Waals surface area (Å²) in [4.78, 5) is 9.36. The first kappa shape index (κ1) is 22.3. The molecule has 3 heterocycles. The van der Waals surface area contributed by atoms with Crippen LogP contribution in [-0.4, -0.2) is 39.5 Å². The summed E-state index contributed by atoms with van der Waals surface area (Å²) in [5, 5.41) is 0. The number of imidazole rings is 1. The summed E-state index contributed by atoms with van der Waals surface area (Å²) in [6, 6.07) is 10.1. The molecule has 6 heteroatoms. The molecule has 0 spiro atoms. The van der Waals surface area contributed by atoms with Gasteiger partial charge in [-0.1, -0.05) is 0 Å². The molecule has 32 heavy (non-hydrogen) atoms. The third-order valence-corrected chi connectivity index (χ3v) is 5.84. The van der Waals surface area contributed by atoms with Crippen molar-refractivity contribution in [3.05, 3.63) is 54.6 Å². The van der Waals surface area contributed by atoms with Crippen LogP contribution in [0.1, 0.15) is 59.1 Å². The maximum absolute atomic E-state index is 6.32. The highest BCUT2D eigenvalue weighted by Gasteiger charge is 2.41. The van der Waals surface area contributed by atoms with Gasteiger partial charge in [0.25, 0.3) is 0 Å². The Balaban J connectivity index is 1.82. The van der Waals surface area contributed by atoms with Crippen molar-refractivity contribution in [3.63, 3.8) is 0 Å². The van der Waals surface area contributed by atoms with Crippen molar-refractivity contribution in [1.82, 2.24) is 14.5 Å². The lowest BCUT2D eigenvalue weighted by molar-refractivity contribution is -0.162. The summed E-state index contributed by atoms with van der Waals surface area (Å²) in [5.74, 6) is 2.69. The molecular formula is C26H33N3O3. The quantitative estimate of drug-likeness (QED) is 0.490. The Kier molecular flexibility index (Phi) is 5.99. The van der Waals surface area contributed by atoms with Gasteiger partial charge in [-0.05, 0) is 77.8 Å². The molecule has 0 N–H and O–H groups in total. The topological polar surface area (TPSA) is 58.4 Å². The average Bonchev–Trinajstić information content (AvgIpc) is 3.18. The van der Waals surface area contributed by atoms with E-state index in [1.165, 1.54) is 0 Å². The number of aromatic nitrogens is 3. The lowest BCUT2D eigenvalue weighted by Gasteiger charge is -2.45. The Labute approximate surface area is 190 Å². The van der Waals surface area contributed by atoms with Crippen LogP contribution in [0, 0.1) is 0 Å². The summed E-state index contributed by atoms with van der Waals surface area (Å²) >= 11 is 0. The SMILES string of the molecule is CCOc1ccc(-n2cc(C3CC(C)(C)OC(C)(C)C3)nc2-c2ccncc2OC)cc1. The lowest BCUT2D eigenvalue weighted by atomic mass is 9.79. The molecule has 0 unspecified atom stereocenters. The predicted molar refractivity (Wildman–Crippen MR) is 126 cm³/mol. The molecule has 1 aliphatic rings. The molecular weight excluding hydrogens is 402 g/mol. The fraction of sp³-hybridized carbons (Fsp3) is 0.462. The van der Waals surface area contributed by atoms with Crippen LogP contribution < -0.4 is 9.47 Å². The van der Waals surface area contributed by atoms with Crippen LogP contribution >= 0.6 is 0 Å². The van der Waals surface area contributed by atoms with E-state index in [1.807, 2.05) is 25.1 Å². The molecule has 6 nitrogen and oxygen atoms in total. The van der Waals surface area contributed by atoms with Crippen LogP contribution in [0.3, 0.4) is 0 Å². The summed E-state index contributed by atoms with van der Waals surface area (Å²) in [7, 11) is 1.66. The van der Waals surface area contributed by atoms with Crippen LogP contribution in [-0.2, 0) is 4.74 Å². The summed E-state index contributed by atoms with van der Waals surface area (Å²) in [6.45, 7) is 11.3. The molecule has 3 aromatic rings. The Hall–Kier alpha value is -2.86. The first-order valence-corrected chi connectivity index (χ1v) is 11.2. The minimum absolute atomic E-state index is 0.205. The van der Waals surface area contributed by atoms with Crippen molar-refractivity contribution < 1.29 is 14.2 Å². The van der Waals surface area contributed by atoms with Crippen LogP contribution in [0.2, 0.25) is 0 Å². The maximum atomic E-state index is 6.32. The minimum atomic E-state index is -0.205. The Morgan fingerprint density at radius 3 is 2.38 bits per heavy atom. The van der Waals surface area contributed by atoms with E-state index in [0.29, 0.717) is 18.3 Å². The number of hydrogen-bond acceptors (Lipinski definition) is 5. The number of hydrogen-bond donors (Lipinski definition) is 0. The highest BCUT2D eigenvalue weighted by molar-refractivity contribution is 5.66. The van der Waals surface area contributed by atoms with E-state index in [4.69, 9.17) is 19.2 Å². The smallest absolute Gasteiger partial charge is 0.148 e. The average molecular weight is 436 g/mol. The molecule has 4 rings (SSSR count). The van der Waals surface area contributed by atoms with Gasteiger partial charge in [0.1, 0.15) is 17.3 Å². The number of rotatable bonds is 6. The highest BCUT2D eigenvalue weighted by atomic mass is 16.5. The number of pyridine rings is 1. The van der Waals surface area contributed by atoms with Crippen LogP contribution in [0.4, 0.5) is 0 Å². The zero-order valence-electron chi connectivity index (χ0n) is 19.9. The van der Waals surface area contributed by atoms with Gasteiger partial charge in [0.05, 0.1) is 42.4 Å². The third-order valence-electron chi connectivity index (χ3n) is 5.84. The van der Waals surface area contributed by atoms with E-state index < -0.39 is 0 Å². The second kappa shape index (κ2) is 8.58. The molecule has 170 valence electrons. The molecule has 1 saturated heterocycles. The molecule has 0 bridgehead atoms. The number of nitrogens with zero attached hydrogens (tertiary/aromatic N) is 3. The molecule has 0 amide bonds. The normalized spacial score (nSPS) is 17.8. The van der Waals surface area contributed by atoms with Crippen molar-refractivity contribution >= 4 is 0 Å². The van der Waals surface area contributed by atoms with E-state index in [1.54, 1.807) is 19.5 Å². The largest absolute Gasteiger partial charge is 0.494 e. The highest BCUT2D eigenvalue weighted by Crippen LogP contribution is 2.44. The second-order valence-electron chi connectivity index (χ2n) is 9.59. The Morgan fingerprint density at radius 1 is 1.06 bits per heavy atom. The molecule has 1 aliphatic heterocycles. The molecule has 0 saturated carbocycles. The van der Waals surface area contributed by atoms with Gasteiger partial charge >= 0.3 is 0 Å². The lowest BCUT2D eigenvalue weighted by Crippen LogP contribution is -2.44. The molecule has 2 aromatic heterocycles. The van der Waals surface area contributed by atoms with E-state index in [-0.39, 0.29) is 11.2 Å². The standard InChI is InChI=1S/C26H33N3O3/c1-7-31-20-10-8-19(9-11-20)29-17-22(18-14-25(2,3)32-26(4,5)15-18)28-24(29)21-12-13-27-16-23(21)30-6/h8-13,16-18H,7,14-15H2,1-6H3. The van der Waals surface area contributed by atoms with E-state index in [2.05, 4.69) is 55.6 Å². The Bertz CT molecular complexity index is 1050. The van der Waals surface area contributed by atoms with Crippen molar-refractivity contribution in [2.24, 2.45) is 0 Å². The van der Waals surface area contributed by atoms with Gasteiger partial charge < -0.3 is 14.2 Å². The van der Waals surface area contributed by atoms with Gasteiger partial charge in [-0.25, -0.2) is 4.98 Å². The molecule has 0 aliphatic carbocycles. The fourth-order valence-electron chi connectivity index (χ4n) is 4.88. The van der Waals surface area contributed by atoms with Gasteiger partial charge in [0.15, 0.2) is 0 Å². The van der Waals surface area contributed by atoms with Gasteiger partial charge in [0, 0.05) is 24.0 Å². The molecule has 1 aromatic carbocycles. The number of benzene rings is 1. The zero-order chi connectivity index (χ0) is 22.9. The third kappa shape index (κ3) is 4.65. The first-order valence-electron chi connectivity index (χ1n) is 11.2. The van der Waals surface area contributed by atoms with Crippen molar-refractivity contribution in [2.75, 3.05) is 13.7 Å². The molecule has 0 atom stereocenters.